The van der Waals surface area contributed by atoms with Crippen LogP contribution in [0.4, 0.5) is 5.82 Å². The van der Waals surface area contributed by atoms with E-state index in [1.54, 1.807) is 7.11 Å². The lowest BCUT2D eigenvalue weighted by Gasteiger charge is -2.23. The number of nitrogens with zero attached hydrogens (tertiary/aromatic N) is 1. The summed E-state index contributed by atoms with van der Waals surface area (Å²) in [4.78, 5) is 12.0. The van der Waals surface area contributed by atoms with Crippen molar-refractivity contribution in [2.45, 2.75) is 18.9 Å². The summed E-state index contributed by atoms with van der Waals surface area (Å²) in [6.07, 6.45) is 7.71. The van der Waals surface area contributed by atoms with E-state index in [9.17, 15) is 4.79 Å². The number of hydrogen-bond donors (Lipinski definition) is 2. The molecule has 0 aliphatic carbocycles. The molecule has 2 heterocycles. The van der Waals surface area contributed by atoms with Gasteiger partial charge in [0.1, 0.15) is 6.61 Å². The number of rotatable bonds is 5. The maximum absolute atomic E-state index is 12.0. The summed E-state index contributed by atoms with van der Waals surface area (Å²) in [5.41, 5.74) is 3.66. The predicted octanol–water partition coefficient (Wildman–Crippen LogP) is 3.45. The van der Waals surface area contributed by atoms with Gasteiger partial charge in [0.05, 0.1) is 7.11 Å². The van der Waals surface area contributed by atoms with Crippen LogP contribution in [0.3, 0.4) is 0 Å². The first-order valence-corrected chi connectivity index (χ1v) is 8.88. The first-order valence-electron chi connectivity index (χ1n) is 8.88. The Bertz CT molecular complexity index is 1060. The molecule has 0 unspecified atom stereocenters. The van der Waals surface area contributed by atoms with E-state index < -0.39 is 0 Å². The van der Waals surface area contributed by atoms with Gasteiger partial charge in [-0.2, -0.15) is 5.10 Å². The molecule has 28 heavy (non-hydrogen) atoms. The van der Waals surface area contributed by atoms with Crippen molar-refractivity contribution in [1.29, 1.82) is 0 Å². The lowest BCUT2D eigenvalue weighted by atomic mass is 9.87. The molecule has 0 bridgehead atoms. The number of terminal acetylenes is 1. The minimum absolute atomic E-state index is 0.0604. The van der Waals surface area contributed by atoms with Gasteiger partial charge in [-0.15, -0.1) is 6.42 Å². The van der Waals surface area contributed by atoms with Gasteiger partial charge in [0, 0.05) is 35.2 Å². The highest BCUT2D eigenvalue weighted by Crippen LogP contribution is 2.39. The first kappa shape index (κ1) is 17.7. The van der Waals surface area contributed by atoms with Crippen LogP contribution in [0.25, 0.3) is 0 Å². The summed E-state index contributed by atoms with van der Waals surface area (Å²) < 4.78 is 11.5. The number of ether oxygens (including phenoxy) is 2. The molecule has 1 aliphatic heterocycles. The van der Waals surface area contributed by atoms with Gasteiger partial charge in [-0.1, -0.05) is 30.2 Å². The van der Waals surface area contributed by atoms with Gasteiger partial charge in [0.2, 0.25) is 5.91 Å². The molecule has 0 fully saturated rings. The summed E-state index contributed by atoms with van der Waals surface area (Å²) in [6.45, 7) is 0.341. The van der Waals surface area contributed by atoms with Gasteiger partial charge in [-0.05, 0) is 23.8 Å². The third-order valence-corrected chi connectivity index (χ3v) is 4.84. The number of carbonyl (C=O) groups is 1. The highest BCUT2D eigenvalue weighted by atomic mass is 16.5. The zero-order valence-electron chi connectivity index (χ0n) is 15.4. The number of methoxy groups -OCH3 is 1. The largest absolute Gasteiger partial charge is 0.493 e. The van der Waals surface area contributed by atoms with Crippen LogP contribution < -0.4 is 14.8 Å². The molecule has 0 spiro atoms. The van der Waals surface area contributed by atoms with Gasteiger partial charge < -0.3 is 14.8 Å². The summed E-state index contributed by atoms with van der Waals surface area (Å²) >= 11 is 0. The fourth-order valence-electron chi connectivity index (χ4n) is 3.40. The Morgan fingerprint density at radius 2 is 2.11 bits per heavy atom. The molecule has 3 aromatic rings. The Balaban J connectivity index is 1.59. The van der Waals surface area contributed by atoms with E-state index in [2.05, 4.69) is 21.4 Å². The predicted molar refractivity (Wildman–Crippen MR) is 105 cm³/mol. The molecule has 140 valence electrons. The number of anilines is 1. The molecule has 1 amide bonds. The Morgan fingerprint density at radius 1 is 1.25 bits per heavy atom. The fourth-order valence-corrected chi connectivity index (χ4v) is 3.40. The van der Waals surface area contributed by atoms with E-state index in [-0.39, 0.29) is 11.8 Å². The van der Waals surface area contributed by atoms with E-state index in [0.29, 0.717) is 30.3 Å². The number of hydrogen-bond acceptors (Lipinski definition) is 4. The van der Waals surface area contributed by atoms with Crippen LogP contribution in [-0.4, -0.2) is 23.2 Å². The normalized spacial score (nSPS) is 15.3. The molecular weight excluding hydrogens is 354 g/mol. The van der Waals surface area contributed by atoms with Gasteiger partial charge in [0.15, 0.2) is 17.3 Å². The number of aromatic amines is 1. The van der Waals surface area contributed by atoms with Crippen molar-refractivity contribution in [3.63, 3.8) is 0 Å². The maximum atomic E-state index is 12.0. The van der Waals surface area contributed by atoms with Gasteiger partial charge in [-0.25, -0.2) is 0 Å². The number of aromatic nitrogens is 2. The second-order valence-electron chi connectivity index (χ2n) is 6.49. The molecule has 0 radical (unpaired) electrons. The molecule has 0 saturated heterocycles. The van der Waals surface area contributed by atoms with Crippen LogP contribution in [-0.2, 0) is 11.4 Å². The average molecular weight is 373 g/mol. The van der Waals surface area contributed by atoms with Crippen LogP contribution >= 0.6 is 0 Å². The molecule has 6 heteroatoms. The van der Waals surface area contributed by atoms with Gasteiger partial charge >= 0.3 is 0 Å². The quantitative estimate of drug-likeness (QED) is 0.672. The number of nitrogens with one attached hydrogen (secondary N) is 2. The molecule has 0 saturated carbocycles. The highest BCUT2D eigenvalue weighted by molar-refractivity contribution is 5.94. The van der Waals surface area contributed by atoms with E-state index in [1.165, 1.54) is 0 Å². The first-order chi connectivity index (χ1) is 13.7. The standard InChI is InChI=1S/C22H19N3O3/c1-3-14-6-4-5-7-16(14)13-28-19-9-8-15(10-20(19)27-2)17-11-21(26)24-22-18(17)12-23-25-22/h1,4-10,12,17H,11,13H2,2H3,(H2,23,24,25,26)/t17-/m0/s1. The SMILES string of the molecule is C#Cc1ccccc1COc1ccc([C@@H]2CC(=O)Nc3n[nH]cc32)cc1OC. The number of carbonyl (C=O) groups excluding carboxylic acids is 1. The molecule has 2 aromatic carbocycles. The third kappa shape index (κ3) is 3.30. The molecule has 1 aromatic heterocycles. The Kier molecular flexibility index (Phi) is 4.73. The molecule has 1 atom stereocenters. The minimum atomic E-state index is -0.0902. The zero-order chi connectivity index (χ0) is 19.5. The number of fused-ring (bicyclic) bond motifs is 1. The number of benzene rings is 2. The topological polar surface area (TPSA) is 76.2 Å². The molecule has 6 nitrogen and oxygen atoms in total. The monoisotopic (exact) mass is 373 g/mol. The smallest absolute Gasteiger partial charge is 0.226 e. The second kappa shape index (κ2) is 7.49. The highest BCUT2D eigenvalue weighted by Gasteiger charge is 2.29. The summed E-state index contributed by atoms with van der Waals surface area (Å²) in [7, 11) is 1.60. The number of amides is 1. The second-order valence-corrected chi connectivity index (χ2v) is 6.49. The maximum Gasteiger partial charge on any atom is 0.226 e. The van der Waals surface area contributed by atoms with Gasteiger partial charge in [-0.3, -0.25) is 9.89 Å². The molecular formula is C22H19N3O3. The van der Waals surface area contributed by atoms with Crippen molar-refractivity contribution in [2.24, 2.45) is 0 Å². The lowest BCUT2D eigenvalue weighted by molar-refractivity contribution is -0.116. The third-order valence-electron chi connectivity index (χ3n) is 4.84. The summed E-state index contributed by atoms with van der Waals surface area (Å²) in [5, 5.41) is 9.68. The van der Waals surface area contributed by atoms with Crippen molar-refractivity contribution in [1.82, 2.24) is 10.2 Å². The van der Waals surface area contributed by atoms with Crippen LogP contribution in [0.1, 0.15) is 34.6 Å². The van der Waals surface area contributed by atoms with E-state index in [4.69, 9.17) is 15.9 Å². The van der Waals surface area contributed by atoms with E-state index >= 15 is 0 Å². The van der Waals surface area contributed by atoms with Crippen molar-refractivity contribution in [2.75, 3.05) is 12.4 Å². The lowest BCUT2D eigenvalue weighted by Crippen LogP contribution is -2.23. The minimum Gasteiger partial charge on any atom is -0.493 e. The molecule has 4 rings (SSSR count). The summed E-state index contributed by atoms with van der Waals surface area (Å²) in [6, 6.07) is 13.4. The van der Waals surface area contributed by atoms with Crippen LogP contribution in [0, 0.1) is 12.3 Å². The van der Waals surface area contributed by atoms with Crippen molar-refractivity contribution < 1.29 is 14.3 Å². The average Bonchev–Trinajstić information content (AvgIpc) is 3.20. The fraction of sp³-hybridized carbons (Fsp3) is 0.182. The van der Waals surface area contributed by atoms with E-state index in [0.717, 1.165) is 22.3 Å². The van der Waals surface area contributed by atoms with Gasteiger partial charge in [0.25, 0.3) is 0 Å². The van der Waals surface area contributed by atoms with E-state index in [1.807, 2.05) is 48.7 Å². The number of H-pyrrole nitrogens is 1. The Hall–Kier alpha value is -3.72. The van der Waals surface area contributed by atoms with Crippen LogP contribution in [0.2, 0.25) is 0 Å². The Morgan fingerprint density at radius 3 is 2.93 bits per heavy atom. The summed E-state index contributed by atoms with van der Waals surface area (Å²) in [5.74, 6) is 4.31. The van der Waals surface area contributed by atoms with Crippen molar-refractivity contribution in [3.8, 4) is 23.8 Å². The molecule has 2 N–H and O–H groups in total. The van der Waals surface area contributed by atoms with Crippen LogP contribution in [0.5, 0.6) is 11.5 Å². The zero-order valence-corrected chi connectivity index (χ0v) is 15.4. The molecule has 1 aliphatic rings. The van der Waals surface area contributed by atoms with Crippen molar-refractivity contribution >= 4 is 11.7 Å². The van der Waals surface area contributed by atoms with Crippen molar-refractivity contribution in [3.05, 3.63) is 70.9 Å². The Labute approximate surface area is 162 Å². The van der Waals surface area contributed by atoms with Crippen LogP contribution in [0.15, 0.2) is 48.7 Å².